The minimum absolute atomic E-state index is 0.00407. The molecule has 1 N–H and O–H groups in total. The number of hydrogen-bond donors (Lipinski definition) is 1. The summed E-state index contributed by atoms with van der Waals surface area (Å²) in [6.45, 7) is 4.19. The van der Waals surface area contributed by atoms with Crippen molar-refractivity contribution in [1.82, 2.24) is 5.32 Å². The number of amides is 1. The maximum absolute atomic E-state index is 11.6. The van der Waals surface area contributed by atoms with E-state index in [1.165, 1.54) is 0 Å². The number of nitrogens with one attached hydrogen (secondary N) is 1. The van der Waals surface area contributed by atoms with Crippen LogP contribution < -0.4 is 5.32 Å². The maximum atomic E-state index is 11.6. The zero-order chi connectivity index (χ0) is 11.3. The highest BCUT2D eigenvalue weighted by molar-refractivity contribution is 5.83. The zero-order valence-electron chi connectivity index (χ0n) is 9.41. The van der Waals surface area contributed by atoms with Gasteiger partial charge in [-0.2, -0.15) is 0 Å². The molecular weight excluding hydrogens is 194 g/mol. The first-order chi connectivity index (χ1) is 7.15. The van der Waals surface area contributed by atoms with Crippen LogP contribution in [0.5, 0.6) is 0 Å². The van der Waals surface area contributed by atoms with Gasteiger partial charge in [0.2, 0.25) is 5.91 Å². The van der Waals surface area contributed by atoms with Gasteiger partial charge in [-0.3, -0.25) is 9.59 Å². The number of rotatable bonds is 4. The quantitative estimate of drug-likeness (QED) is 0.711. The Balaban J connectivity index is 2.26. The molecule has 4 nitrogen and oxygen atoms in total. The maximum Gasteiger partial charge on any atom is 0.325 e. The van der Waals surface area contributed by atoms with Gasteiger partial charge in [0, 0.05) is 5.92 Å². The summed E-state index contributed by atoms with van der Waals surface area (Å²) in [5.41, 5.74) is 0. The third kappa shape index (κ3) is 3.53. The van der Waals surface area contributed by atoms with Gasteiger partial charge in [-0.1, -0.05) is 13.3 Å². The molecule has 0 aromatic carbocycles. The van der Waals surface area contributed by atoms with Crippen molar-refractivity contribution in [3.63, 3.8) is 0 Å². The van der Waals surface area contributed by atoms with Gasteiger partial charge in [0.1, 0.15) is 6.54 Å². The van der Waals surface area contributed by atoms with Crippen LogP contribution in [0.15, 0.2) is 0 Å². The molecule has 2 unspecified atom stereocenters. The minimum atomic E-state index is -0.364. The molecule has 0 spiro atoms. The van der Waals surface area contributed by atoms with Crippen LogP contribution in [0, 0.1) is 11.8 Å². The lowest BCUT2D eigenvalue weighted by Crippen LogP contribution is -2.36. The van der Waals surface area contributed by atoms with Crippen LogP contribution in [0.4, 0.5) is 0 Å². The molecular formula is C11H19NO3. The van der Waals surface area contributed by atoms with Gasteiger partial charge in [0.25, 0.3) is 0 Å². The van der Waals surface area contributed by atoms with E-state index in [1.54, 1.807) is 6.92 Å². The third-order valence-corrected chi connectivity index (χ3v) is 2.91. The van der Waals surface area contributed by atoms with E-state index in [-0.39, 0.29) is 24.3 Å². The Morgan fingerprint density at radius 1 is 1.40 bits per heavy atom. The highest BCUT2D eigenvalue weighted by atomic mass is 16.5. The lowest BCUT2D eigenvalue weighted by atomic mass is 9.97. The molecule has 1 fully saturated rings. The number of hydrogen-bond acceptors (Lipinski definition) is 3. The van der Waals surface area contributed by atoms with E-state index < -0.39 is 0 Å². The Bertz CT molecular complexity index is 240. The monoisotopic (exact) mass is 213 g/mol. The second kappa shape index (κ2) is 5.73. The molecule has 2 atom stereocenters. The summed E-state index contributed by atoms with van der Waals surface area (Å²) in [5.74, 6) is 0.149. The van der Waals surface area contributed by atoms with Crippen molar-refractivity contribution in [2.75, 3.05) is 13.2 Å². The smallest absolute Gasteiger partial charge is 0.325 e. The fourth-order valence-electron chi connectivity index (χ4n) is 2.04. The molecule has 0 aliphatic heterocycles. The van der Waals surface area contributed by atoms with Crippen LogP contribution in [-0.4, -0.2) is 25.0 Å². The van der Waals surface area contributed by atoms with Crippen molar-refractivity contribution in [2.24, 2.45) is 11.8 Å². The van der Waals surface area contributed by atoms with Crippen LogP contribution in [0.25, 0.3) is 0 Å². The molecule has 1 aliphatic carbocycles. The van der Waals surface area contributed by atoms with Crippen LogP contribution in [0.2, 0.25) is 0 Å². The van der Waals surface area contributed by atoms with Crippen molar-refractivity contribution in [3.05, 3.63) is 0 Å². The summed E-state index contributed by atoms with van der Waals surface area (Å²) >= 11 is 0. The standard InChI is InChI=1S/C11H19NO3/c1-3-15-10(13)7-12-11(14)9-6-4-5-8(9)2/h8-9H,3-7H2,1-2H3,(H,12,14). The van der Waals surface area contributed by atoms with E-state index in [1.807, 2.05) is 0 Å². The summed E-state index contributed by atoms with van der Waals surface area (Å²) in [5, 5.41) is 2.63. The summed E-state index contributed by atoms with van der Waals surface area (Å²) in [7, 11) is 0. The Labute approximate surface area is 90.4 Å². The van der Waals surface area contributed by atoms with Crippen molar-refractivity contribution in [1.29, 1.82) is 0 Å². The van der Waals surface area contributed by atoms with Crippen LogP contribution >= 0.6 is 0 Å². The predicted octanol–water partition coefficient (Wildman–Crippen LogP) is 1.10. The Morgan fingerprint density at radius 2 is 2.13 bits per heavy atom. The topological polar surface area (TPSA) is 55.4 Å². The molecule has 4 heteroatoms. The van der Waals surface area contributed by atoms with Crippen molar-refractivity contribution < 1.29 is 14.3 Å². The van der Waals surface area contributed by atoms with Gasteiger partial charge in [0.15, 0.2) is 0 Å². The summed E-state index contributed by atoms with van der Waals surface area (Å²) in [4.78, 5) is 22.7. The Hall–Kier alpha value is -1.06. The summed E-state index contributed by atoms with van der Waals surface area (Å²) < 4.78 is 4.73. The second-order valence-electron chi connectivity index (χ2n) is 4.04. The third-order valence-electron chi connectivity index (χ3n) is 2.91. The predicted molar refractivity (Wildman–Crippen MR) is 56.1 cm³/mol. The second-order valence-corrected chi connectivity index (χ2v) is 4.04. The van der Waals surface area contributed by atoms with Gasteiger partial charge in [-0.25, -0.2) is 0 Å². The molecule has 0 aromatic rings. The normalized spacial score (nSPS) is 24.9. The SMILES string of the molecule is CCOC(=O)CNC(=O)C1CCCC1C. The first-order valence-corrected chi connectivity index (χ1v) is 5.58. The van der Waals surface area contributed by atoms with Crippen LogP contribution in [0.1, 0.15) is 33.1 Å². The zero-order valence-corrected chi connectivity index (χ0v) is 9.41. The minimum Gasteiger partial charge on any atom is -0.465 e. The molecule has 0 aromatic heterocycles. The van der Waals surface area contributed by atoms with Gasteiger partial charge >= 0.3 is 5.97 Å². The van der Waals surface area contributed by atoms with Gasteiger partial charge in [0.05, 0.1) is 6.61 Å². The number of carbonyl (C=O) groups is 2. The number of ether oxygens (including phenoxy) is 1. The number of carbonyl (C=O) groups excluding carboxylic acids is 2. The molecule has 1 amide bonds. The largest absolute Gasteiger partial charge is 0.465 e. The first kappa shape index (κ1) is 12.0. The van der Waals surface area contributed by atoms with E-state index in [0.717, 1.165) is 19.3 Å². The lowest BCUT2D eigenvalue weighted by Gasteiger charge is -2.14. The van der Waals surface area contributed by atoms with E-state index in [2.05, 4.69) is 12.2 Å². The summed E-state index contributed by atoms with van der Waals surface area (Å²) in [6, 6.07) is 0. The molecule has 0 bridgehead atoms. The molecule has 86 valence electrons. The molecule has 0 heterocycles. The highest BCUT2D eigenvalue weighted by Crippen LogP contribution is 2.30. The Morgan fingerprint density at radius 3 is 2.67 bits per heavy atom. The summed E-state index contributed by atoms with van der Waals surface area (Å²) in [6.07, 6.45) is 3.16. The lowest BCUT2D eigenvalue weighted by molar-refractivity contribution is -0.144. The van der Waals surface area contributed by atoms with Gasteiger partial charge < -0.3 is 10.1 Å². The van der Waals surface area contributed by atoms with Crippen LogP contribution in [-0.2, 0) is 14.3 Å². The Kier molecular flexibility index (Phi) is 4.59. The van der Waals surface area contributed by atoms with Crippen molar-refractivity contribution in [2.45, 2.75) is 33.1 Å². The van der Waals surface area contributed by atoms with E-state index in [4.69, 9.17) is 4.74 Å². The molecule has 0 radical (unpaired) electrons. The molecule has 1 saturated carbocycles. The molecule has 1 rings (SSSR count). The molecule has 15 heavy (non-hydrogen) atoms. The highest BCUT2D eigenvalue weighted by Gasteiger charge is 2.29. The molecule has 1 aliphatic rings. The van der Waals surface area contributed by atoms with Crippen LogP contribution in [0.3, 0.4) is 0 Å². The van der Waals surface area contributed by atoms with E-state index in [9.17, 15) is 9.59 Å². The van der Waals surface area contributed by atoms with E-state index in [0.29, 0.717) is 12.5 Å². The average molecular weight is 213 g/mol. The average Bonchev–Trinajstić information content (AvgIpc) is 2.61. The van der Waals surface area contributed by atoms with E-state index >= 15 is 0 Å². The van der Waals surface area contributed by atoms with Gasteiger partial charge in [-0.15, -0.1) is 0 Å². The number of esters is 1. The first-order valence-electron chi connectivity index (χ1n) is 5.58. The fourth-order valence-corrected chi connectivity index (χ4v) is 2.04. The fraction of sp³-hybridized carbons (Fsp3) is 0.818. The van der Waals surface area contributed by atoms with Crippen molar-refractivity contribution in [3.8, 4) is 0 Å². The van der Waals surface area contributed by atoms with Crippen molar-refractivity contribution >= 4 is 11.9 Å². The van der Waals surface area contributed by atoms with Gasteiger partial charge in [-0.05, 0) is 25.7 Å². The molecule has 0 saturated heterocycles.